The smallest absolute Gasteiger partial charge is 0.387 e. The number of aromatic nitrogens is 1. The van der Waals surface area contributed by atoms with Crippen LogP contribution in [0.3, 0.4) is 0 Å². The summed E-state index contributed by atoms with van der Waals surface area (Å²) in [6, 6.07) is 16.8. The maximum Gasteiger partial charge on any atom is 0.387 e. The fraction of sp³-hybridized carbons (Fsp3) is 0.148. The Kier molecular flexibility index (Phi) is 6.86. The summed E-state index contributed by atoms with van der Waals surface area (Å²) in [6.07, 6.45) is 1.51. The topological polar surface area (TPSA) is 72.7 Å². The highest BCUT2D eigenvalue weighted by atomic mass is 32.1. The van der Waals surface area contributed by atoms with Gasteiger partial charge in [-0.2, -0.15) is 8.78 Å². The molecule has 37 heavy (non-hydrogen) atoms. The molecule has 188 valence electrons. The number of nitrogens with zero attached hydrogens (tertiary/aromatic N) is 2. The van der Waals surface area contributed by atoms with E-state index in [1.807, 2.05) is 48.7 Å². The van der Waals surface area contributed by atoms with Crippen molar-refractivity contribution < 1.29 is 18.3 Å². The van der Waals surface area contributed by atoms with E-state index in [-0.39, 0.29) is 17.2 Å². The van der Waals surface area contributed by atoms with Crippen molar-refractivity contribution in [2.24, 2.45) is 4.99 Å². The van der Waals surface area contributed by atoms with E-state index in [0.29, 0.717) is 31.9 Å². The number of amides is 1. The summed E-state index contributed by atoms with van der Waals surface area (Å²) < 4.78 is 32.2. The van der Waals surface area contributed by atoms with Gasteiger partial charge in [-0.3, -0.25) is 14.2 Å². The highest BCUT2D eigenvalue weighted by Crippen LogP contribution is 2.33. The van der Waals surface area contributed by atoms with Crippen molar-refractivity contribution in [1.82, 2.24) is 4.57 Å². The predicted molar refractivity (Wildman–Crippen MR) is 141 cm³/mol. The Morgan fingerprint density at radius 1 is 1.11 bits per heavy atom. The number of hydrogen-bond acceptors (Lipinski definition) is 6. The maximum atomic E-state index is 13.7. The Morgan fingerprint density at radius 3 is 2.59 bits per heavy atom. The molecule has 4 aromatic rings. The van der Waals surface area contributed by atoms with E-state index in [2.05, 4.69) is 15.0 Å². The molecule has 2 aromatic heterocycles. The third kappa shape index (κ3) is 4.90. The predicted octanol–water partition coefficient (Wildman–Crippen LogP) is 4.85. The minimum atomic E-state index is -2.99. The molecule has 1 aliphatic rings. The van der Waals surface area contributed by atoms with Crippen molar-refractivity contribution in [3.05, 3.63) is 113 Å². The molecule has 2 aromatic carbocycles. The first kappa shape index (κ1) is 24.8. The number of halogens is 2. The van der Waals surface area contributed by atoms with E-state index in [1.54, 1.807) is 25.1 Å². The molecule has 1 N–H and O–H groups in total. The quantitative estimate of drug-likeness (QED) is 0.383. The Morgan fingerprint density at radius 2 is 1.86 bits per heavy atom. The van der Waals surface area contributed by atoms with Gasteiger partial charge in [0.2, 0.25) is 0 Å². The van der Waals surface area contributed by atoms with Crippen molar-refractivity contribution >= 4 is 40.3 Å². The Labute approximate surface area is 218 Å². The first-order valence-corrected chi connectivity index (χ1v) is 13.0. The average Bonchev–Trinajstić information content (AvgIpc) is 3.49. The number of para-hydroxylation sites is 2. The van der Waals surface area contributed by atoms with Gasteiger partial charge < -0.3 is 10.1 Å². The molecule has 1 amide bonds. The molecule has 1 aliphatic heterocycles. The van der Waals surface area contributed by atoms with Crippen LogP contribution in [0.15, 0.2) is 87.1 Å². The number of rotatable bonds is 6. The summed E-state index contributed by atoms with van der Waals surface area (Å²) in [6.45, 7) is 0.653. The minimum Gasteiger partial charge on any atom is -0.434 e. The number of carbonyl (C=O) groups excluding carboxylic acids is 1. The van der Waals surface area contributed by atoms with Crippen LogP contribution in [0, 0.1) is 6.92 Å². The molecular weight excluding hydrogens is 516 g/mol. The SMILES string of the molecule is CC1=C(C(=O)Nc2ccccc2C)[C@@H](c2cccs2)n2c(s/c(=C/c3ccccc3OC(F)F)c2=O)=N1. The van der Waals surface area contributed by atoms with Crippen LogP contribution in [-0.4, -0.2) is 17.1 Å². The zero-order valence-corrected chi connectivity index (χ0v) is 21.4. The van der Waals surface area contributed by atoms with Crippen LogP contribution < -0.4 is 24.9 Å². The van der Waals surface area contributed by atoms with E-state index in [0.717, 1.165) is 21.8 Å². The van der Waals surface area contributed by atoms with E-state index < -0.39 is 12.7 Å². The molecule has 1 atom stereocenters. The number of aryl methyl sites for hydroxylation is 1. The molecular formula is C27H21F2N3O3S2. The van der Waals surface area contributed by atoms with Crippen LogP contribution in [0.5, 0.6) is 5.75 Å². The molecule has 0 saturated carbocycles. The number of thiazole rings is 1. The van der Waals surface area contributed by atoms with Crippen LogP contribution in [0.2, 0.25) is 0 Å². The van der Waals surface area contributed by atoms with Gasteiger partial charge in [-0.15, -0.1) is 11.3 Å². The largest absolute Gasteiger partial charge is 0.434 e. The first-order valence-electron chi connectivity index (χ1n) is 11.3. The normalized spacial score (nSPS) is 15.5. The van der Waals surface area contributed by atoms with Gasteiger partial charge in [-0.05, 0) is 49.1 Å². The number of anilines is 1. The summed E-state index contributed by atoms with van der Waals surface area (Å²) >= 11 is 2.57. The summed E-state index contributed by atoms with van der Waals surface area (Å²) in [7, 11) is 0. The second-order valence-corrected chi connectivity index (χ2v) is 10.3. The molecule has 0 fully saturated rings. The zero-order chi connectivity index (χ0) is 26.1. The van der Waals surface area contributed by atoms with Crippen LogP contribution in [0.25, 0.3) is 6.08 Å². The Bertz CT molecular complexity index is 1690. The fourth-order valence-corrected chi connectivity index (χ4v) is 6.04. The number of alkyl halides is 2. The van der Waals surface area contributed by atoms with Gasteiger partial charge in [0.25, 0.3) is 11.5 Å². The molecule has 0 saturated heterocycles. The van der Waals surface area contributed by atoms with E-state index >= 15 is 0 Å². The lowest BCUT2D eigenvalue weighted by Gasteiger charge is -2.24. The minimum absolute atomic E-state index is 0.0346. The van der Waals surface area contributed by atoms with E-state index in [1.165, 1.54) is 28.0 Å². The summed E-state index contributed by atoms with van der Waals surface area (Å²) in [4.78, 5) is 33.1. The van der Waals surface area contributed by atoms with Gasteiger partial charge in [-0.1, -0.05) is 53.8 Å². The molecule has 3 heterocycles. The van der Waals surface area contributed by atoms with Crippen molar-refractivity contribution in [2.45, 2.75) is 26.5 Å². The molecule has 6 nitrogen and oxygen atoms in total. The lowest BCUT2D eigenvalue weighted by molar-refractivity contribution is -0.113. The number of allylic oxidation sites excluding steroid dienone is 1. The van der Waals surface area contributed by atoms with E-state index in [9.17, 15) is 18.4 Å². The molecule has 5 rings (SSSR count). The zero-order valence-electron chi connectivity index (χ0n) is 19.8. The van der Waals surface area contributed by atoms with Gasteiger partial charge in [0.15, 0.2) is 4.80 Å². The third-order valence-electron chi connectivity index (χ3n) is 5.89. The van der Waals surface area contributed by atoms with Crippen LogP contribution in [0.4, 0.5) is 14.5 Å². The monoisotopic (exact) mass is 537 g/mol. The lowest BCUT2D eigenvalue weighted by atomic mass is 10.0. The highest BCUT2D eigenvalue weighted by Gasteiger charge is 2.33. The average molecular weight is 538 g/mol. The number of ether oxygens (including phenoxy) is 1. The Hall–Kier alpha value is -3.89. The second kappa shape index (κ2) is 10.2. The number of nitrogens with one attached hydrogen (secondary N) is 1. The van der Waals surface area contributed by atoms with Crippen LogP contribution in [-0.2, 0) is 4.79 Å². The van der Waals surface area contributed by atoms with E-state index in [4.69, 9.17) is 0 Å². The lowest BCUT2D eigenvalue weighted by Crippen LogP contribution is -2.40. The maximum absolute atomic E-state index is 13.7. The standard InChI is InChI=1S/C27H21F2N3O3S2/c1-15-8-3-5-10-18(15)31-24(33)22-16(2)30-27-32(23(22)20-12-7-13-36-20)25(34)21(37-27)14-17-9-4-6-11-19(17)35-26(28)29/h3-14,23,26H,1-2H3,(H,31,33)/b21-14+/t23-/m1/s1. The molecule has 10 heteroatoms. The van der Waals surface area contributed by atoms with Crippen molar-refractivity contribution in [3.8, 4) is 5.75 Å². The number of hydrogen-bond donors (Lipinski definition) is 1. The summed E-state index contributed by atoms with van der Waals surface area (Å²) in [5.74, 6) is -0.383. The van der Waals surface area contributed by atoms with Crippen molar-refractivity contribution in [1.29, 1.82) is 0 Å². The first-order chi connectivity index (χ1) is 17.8. The summed E-state index contributed by atoms with van der Waals surface area (Å²) in [5.41, 5.74) is 2.41. The van der Waals surface area contributed by atoms with Crippen molar-refractivity contribution in [2.75, 3.05) is 5.32 Å². The van der Waals surface area contributed by atoms with Gasteiger partial charge in [0.1, 0.15) is 11.8 Å². The number of fused-ring (bicyclic) bond motifs is 1. The van der Waals surface area contributed by atoms with Crippen LogP contribution in [0.1, 0.15) is 29.0 Å². The molecule has 0 radical (unpaired) electrons. The number of benzene rings is 2. The van der Waals surface area contributed by atoms with Crippen LogP contribution >= 0.6 is 22.7 Å². The van der Waals surface area contributed by atoms with Gasteiger partial charge in [0.05, 0.1) is 15.8 Å². The highest BCUT2D eigenvalue weighted by molar-refractivity contribution is 7.10. The van der Waals surface area contributed by atoms with Gasteiger partial charge in [-0.25, -0.2) is 4.99 Å². The number of carbonyl (C=O) groups is 1. The summed E-state index contributed by atoms with van der Waals surface area (Å²) in [5, 5.41) is 4.85. The van der Waals surface area contributed by atoms with Crippen molar-refractivity contribution in [3.63, 3.8) is 0 Å². The Balaban J connectivity index is 1.64. The molecule has 0 bridgehead atoms. The number of thiophene rings is 1. The molecule has 0 spiro atoms. The molecule has 0 aliphatic carbocycles. The third-order valence-corrected chi connectivity index (χ3v) is 7.80. The fourth-order valence-electron chi connectivity index (χ4n) is 4.17. The van der Waals surface area contributed by atoms with Gasteiger partial charge >= 0.3 is 6.61 Å². The van der Waals surface area contributed by atoms with Gasteiger partial charge in [0, 0.05) is 16.1 Å². The molecule has 0 unspecified atom stereocenters. The second-order valence-electron chi connectivity index (χ2n) is 8.28.